The van der Waals surface area contributed by atoms with Gasteiger partial charge in [0.05, 0.1) is 25.2 Å². The fourth-order valence-corrected chi connectivity index (χ4v) is 1.89. The summed E-state index contributed by atoms with van der Waals surface area (Å²) in [5.74, 6) is -0.196. The average molecular weight is 214 g/mol. The summed E-state index contributed by atoms with van der Waals surface area (Å²) in [6.07, 6.45) is 6.45. The number of ether oxygens (including phenoxy) is 2. The van der Waals surface area contributed by atoms with Crippen LogP contribution in [0.5, 0.6) is 0 Å². The maximum atomic E-state index is 11.4. The Morgan fingerprint density at radius 1 is 1.27 bits per heavy atom. The van der Waals surface area contributed by atoms with Crippen molar-refractivity contribution in [2.75, 3.05) is 13.7 Å². The monoisotopic (exact) mass is 214 g/mol. The summed E-state index contributed by atoms with van der Waals surface area (Å²) in [4.78, 5) is 11.4. The molecule has 1 aliphatic carbocycles. The second kappa shape index (κ2) is 5.50. The number of esters is 1. The average Bonchev–Trinajstić information content (AvgIpc) is 2.27. The number of rotatable bonds is 4. The lowest BCUT2D eigenvalue weighted by Crippen LogP contribution is -2.33. The van der Waals surface area contributed by atoms with Gasteiger partial charge in [0.1, 0.15) is 0 Å². The standard InChI is InChI=1S/C12H22O3/c1-12(2,11(13)14-3)9-15-10-7-5-4-6-8-10/h10H,4-9H2,1-3H3. The van der Waals surface area contributed by atoms with Gasteiger partial charge >= 0.3 is 5.97 Å². The Labute approximate surface area is 92.1 Å². The summed E-state index contributed by atoms with van der Waals surface area (Å²) in [5.41, 5.74) is -0.522. The molecule has 0 N–H and O–H groups in total. The molecule has 1 fully saturated rings. The van der Waals surface area contributed by atoms with Gasteiger partial charge < -0.3 is 9.47 Å². The third-order valence-corrected chi connectivity index (χ3v) is 2.97. The van der Waals surface area contributed by atoms with Crippen LogP contribution in [0.1, 0.15) is 46.0 Å². The predicted octanol–water partition coefficient (Wildman–Crippen LogP) is 2.53. The van der Waals surface area contributed by atoms with Crippen LogP contribution in [0.15, 0.2) is 0 Å². The Hall–Kier alpha value is -0.570. The SMILES string of the molecule is COC(=O)C(C)(C)COC1CCCCC1. The van der Waals surface area contributed by atoms with Gasteiger partial charge in [-0.1, -0.05) is 19.3 Å². The van der Waals surface area contributed by atoms with E-state index in [2.05, 4.69) is 0 Å². The van der Waals surface area contributed by atoms with E-state index in [-0.39, 0.29) is 5.97 Å². The predicted molar refractivity (Wildman–Crippen MR) is 58.6 cm³/mol. The van der Waals surface area contributed by atoms with Gasteiger partial charge in [-0.2, -0.15) is 0 Å². The highest BCUT2D eigenvalue weighted by Gasteiger charge is 2.30. The molecule has 15 heavy (non-hydrogen) atoms. The molecule has 88 valence electrons. The van der Waals surface area contributed by atoms with E-state index >= 15 is 0 Å². The topological polar surface area (TPSA) is 35.5 Å². The highest BCUT2D eigenvalue weighted by Crippen LogP contribution is 2.24. The van der Waals surface area contributed by atoms with Crippen molar-refractivity contribution in [1.29, 1.82) is 0 Å². The van der Waals surface area contributed by atoms with Crippen LogP contribution in [0.2, 0.25) is 0 Å². The van der Waals surface area contributed by atoms with Gasteiger partial charge in [0.15, 0.2) is 0 Å². The summed E-state index contributed by atoms with van der Waals surface area (Å²) in [6.45, 7) is 4.19. The second-order valence-electron chi connectivity index (χ2n) is 4.95. The van der Waals surface area contributed by atoms with E-state index in [1.54, 1.807) is 0 Å². The molecule has 1 aliphatic rings. The van der Waals surface area contributed by atoms with Crippen molar-refractivity contribution < 1.29 is 14.3 Å². The number of hydrogen-bond acceptors (Lipinski definition) is 3. The molecule has 0 bridgehead atoms. The van der Waals surface area contributed by atoms with Crippen LogP contribution in [-0.2, 0) is 14.3 Å². The van der Waals surface area contributed by atoms with Crippen molar-refractivity contribution in [3.63, 3.8) is 0 Å². The zero-order valence-electron chi connectivity index (χ0n) is 10.0. The van der Waals surface area contributed by atoms with Crippen molar-refractivity contribution in [2.45, 2.75) is 52.1 Å². The molecule has 0 amide bonds. The van der Waals surface area contributed by atoms with E-state index in [0.29, 0.717) is 12.7 Å². The van der Waals surface area contributed by atoms with Crippen molar-refractivity contribution in [3.05, 3.63) is 0 Å². The first-order chi connectivity index (χ1) is 7.06. The van der Waals surface area contributed by atoms with E-state index in [9.17, 15) is 4.79 Å². The zero-order valence-corrected chi connectivity index (χ0v) is 10.0. The molecule has 1 saturated carbocycles. The molecular formula is C12H22O3. The van der Waals surface area contributed by atoms with Gasteiger partial charge in [-0.25, -0.2) is 0 Å². The van der Waals surface area contributed by atoms with Crippen LogP contribution in [0, 0.1) is 5.41 Å². The van der Waals surface area contributed by atoms with Crippen LogP contribution in [0.4, 0.5) is 0 Å². The lowest BCUT2D eigenvalue weighted by molar-refractivity contribution is -0.155. The van der Waals surface area contributed by atoms with Crippen LogP contribution in [-0.4, -0.2) is 25.8 Å². The number of carbonyl (C=O) groups is 1. The molecule has 0 heterocycles. The Balaban J connectivity index is 2.31. The third kappa shape index (κ3) is 3.82. The molecule has 0 spiro atoms. The smallest absolute Gasteiger partial charge is 0.313 e. The Morgan fingerprint density at radius 3 is 2.40 bits per heavy atom. The molecule has 0 unspecified atom stereocenters. The van der Waals surface area contributed by atoms with Gasteiger partial charge in [0, 0.05) is 0 Å². The number of carbonyl (C=O) groups excluding carboxylic acids is 1. The van der Waals surface area contributed by atoms with Gasteiger partial charge in [0.25, 0.3) is 0 Å². The molecule has 3 heteroatoms. The van der Waals surface area contributed by atoms with Gasteiger partial charge in [0.2, 0.25) is 0 Å². The Bertz CT molecular complexity index is 205. The van der Waals surface area contributed by atoms with Crippen LogP contribution in [0.3, 0.4) is 0 Å². The van der Waals surface area contributed by atoms with Crippen LogP contribution >= 0.6 is 0 Å². The van der Waals surface area contributed by atoms with E-state index in [4.69, 9.17) is 9.47 Å². The van der Waals surface area contributed by atoms with Gasteiger partial charge in [-0.15, -0.1) is 0 Å². The third-order valence-electron chi connectivity index (χ3n) is 2.97. The molecule has 0 aliphatic heterocycles. The van der Waals surface area contributed by atoms with Gasteiger partial charge in [-0.05, 0) is 26.7 Å². The zero-order chi connectivity index (χ0) is 11.3. The molecule has 0 saturated heterocycles. The summed E-state index contributed by atoms with van der Waals surface area (Å²) >= 11 is 0. The lowest BCUT2D eigenvalue weighted by atomic mass is 9.94. The minimum absolute atomic E-state index is 0.196. The first kappa shape index (κ1) is 12.5. The molecule has 3 nitrogen and oxygen atoms in total. The lowest BCUT2D eigenvalue weighted by Gasteiger charge is -2.27. The largest absolute Gasteiger partial charge is 0.469 e. The fraction of sp³-hybridized carbons (Fsp3) is 0.917. The molecular weight excluding hydrogens is 192 g/mol. The number of methoxy groups -OCH3 is 1. The summed E-state index contributed by atoms with van der Waals surface area (Å²) in [7, 11) is 1.42. The molecule has 1 rings (SSSR count). The second-order valence-corrected chi connectivity index (χ2v) is 4.95. The van der Waals surface area contributed by atoms with E-state index in [0.717, 1.165) is 12.8 Å². The summed E-state index contributed by atoms with van der Waals surface area (Å²) in [5, 5.41) is 0. The van der Waals surface area contributed by atoms with Gasteiger partial charge in [-0.3, -0.25) is 4.79 Å². The first-order valence-corrected chi connectivity index (χ1v) is 5.76. The highest BCUT2D eigenvalue weighted by molar-refractivity contribution is 5.75. The summed E-state index contributed by atoms with van der Waals surface area (Å²) in [6, 6.07) is 0. The molecule has 0 atom stereocenters. The molecule has 0 aromatic carbocycles. The van der Waals surface area contributed by atoms with E-state index in [1.165, 1.54) is 26.4 Å². The normalized spacial score (nSPS) is 18.9. The highest BCUT2D eigenvalue weighted by atomic mass is 16.5. The Morgan fingerprint density at radius 2 is 1.87 bits per heavy atom. The minimum atomic E-state index is -0.522. The summed E-state index contributed by atoms with van der Waals surface area (Å²) < 4.78 is 10.5. The number of hydrogen-bond donors (Lipinski definition) is 0. The Kier molecular flexibility index (Phi) is 4.58. The van der Waals surface area contributed by atoms with Crippen molar-refractivity contribution in [1.82, 2.24) is 0 Å². The van der Waals surface area contributed by atoms with E-state index < -0.39 is 5.41 Å². The quantitative estimate of drug-likeness (QED) is 0.675. The molecule has 0 aromatic heterocycles. The van der Waals surface area contributed by atoms with Crippen molar-refractivity contribution >= 4 is 5.97 Å². The fourth-order valence-electron chi connectivity index (χ4n) is 1.89. The first-order valence-electron chi connectivity index (χ1n) is 5.76. The molecule has 0 aromatic rings. The molecule has 0 radical (unpaired) electrons. The van der Waals surface area contributed by atoms with Crippen molar-refractivity contribution in [3.8, 4) is 0 Å². The van der Waals surface area contributed by atoms with Crippen molar-refractivity contribution in [2.24, 2.45) is 5.41 Å². The van der Waals surface area contributed by atoms with E-state index in [1.807, 2.05) is 13.8 Å². The minimum Gasteiger partial charge on any atom is -0.469 e. The maximum absolute atomic E-state index is 11.4. The van der Waals surface area contributed by atoms with Crippen LogP contribution < -0.4 is 0 Å². The maximum Gasteiger partial charge on any atom is 0.313 e. The van der Waals surface area contributed by atoms with Crippen LogP contribution in [0.25, 0.3) is 0 Å².